The number of hydrogen-bond acceptors (Lipinski definition) is 2. The van der Waals surface area contributed by atoms with Crippen molar-refractivity contribution in [2.45, 2.75) is 26.7 Å². The molecule has 4 heteroatoms. The summed E-state index contributed by atoms with van der Waals surface area (Å²) >= 11 is 0. The van der Waals surface area contributed by atoms with Crippen LogP contribution < -0.4 is 5.32 Å². The van der Waals surface area contributed by atoms with Gasteiger partial charge in [-0.1, -0.05) is 6.92 Å². The summed E-state index contributed by atoms with van der Waals surface area (Å²) < 4.78 is 0. The standard InChI is InChI=1S/C8H15NO3/c1-3-7(8(11)12)4-5-9-6(2)10/h7H,3-5H2,1-2H3,(H,9,10)(H,11,12). The Hall–Kier alpha value is -1.06. The first-order valence-electron chi connectivity index (χ1n) is 4.05. The normalized spacial score (nSPS) is 12.2. The second kappa shape index (κ2) is 5.57. The van der Waals surface area contributed by atoms with Gasteiger partial charge in [-0.2, -0.15) is 0 Å². The van der Waals surface area contributed by atoms with E-state index in [2.05, 4.69) is 5.32 Å². The molecule has 0 aromatic carbocycles. The molecule has 0 aliphatic carbocycles. The van der Waals surface area contributed by atoms with E-state index >= 15 is 0 Å². The zero-order chi connectivity index (χ0) is 9.56. The first kappa shape index (κ1) is 10.9. The van der Waals surface area contributed by atoms with Gasteiger partial charge in [0.05, 0.1) is 5.92 Å². The molecular weight excluding hydrogens is 158 g/mol. The zero-order valence-electron chi connectivity index (χ0n) is 7.46. The van der Waals surface area contributed by atoms with Gasteiger partial charge in [0.25, 0.3) is 0 Å². The predicted molar refractivity (Wildman–Crippen MR) is 44.7 cm³/mol. The van der Waals surface area contributed by atoms with Crippen molar-refractivity contribution in [3.8, 4) is 0 Å². The Kier molecular flexibility index (Phi) is 5.08. The average molecular weight is 173 g/mol. The largest absolute Gasteiger partial charge is 0.481 e. The Morgan fingerprint density at radius 3 is 2.42 bits per heavy atom. The molecule has 0 aliphatic rings. The third-order valence-corrected chi connectivity index (χ3v) is 1.71. The van der Waals surface area contributed by atoms with Crippen molar-refractivity contribution < 1.29 is 14.7 Å². The first-order valence-corrected chi connectivity index (χ1v) is 4.05. The number of aliphatic carboxylic acids is 1. The number of carboxylic acid groups (broad SMARTS) is 1. The Morgan fingerprint density at radius 2 is 2.08 bits per heavy atom. The van der Waals surface area contributed by atoms with Crippen LogP contribution in [0.2, 0.25) is 0 Å². The molecule has 0 saturated heterocycles. The molecule has 0 saturated carbocycles. The maximum atomic E-state index is 10.5. The lowest BCUT2D eigenvalue weighted by molar-refractivity contribution is -0.142. The minimum atomic E-state index is -0.789. The molecule has 0 aliphatic heterocycles. The molecule has 0 fully saturated rings. The van der Waals surface area contributed by atoms with Gasteiger partial charge in [-0.3, -0.25) is 9.59 Å². The third-order valence-electron chi connectivity index (χ3n) is 1.71. The van der Waals surface area contributed by atoms with Crippen LogP contribution in [0.25, 0.3) is 0 Å². The van der Waals surface area contributed by atoms with Crippen molar-refractivity contribution in [2.24, 2.45) is 5.92 Å². The smallest absolute Gasteiger partial charge is 0.306 e. The topological polar surface area (TPSA) is 66.4 Å². The number of carboxylic acids is 1. The van der Waals surface area contributed by atoms with E-state index < -0.39 is 5.97 Å². The van der Waals surface area contributed by atoms with Gasteiger partial charge in [0.15, 0.2) is 0 Å². The maximum Gasteiger partial charge on any atom is 0.306 e. The monoisotopic (exact) mass is 173 g/mol. The number of carbonyl (C=O) groups is 2. The van der Waals surface area contributed by atoms with Crippen LogP contribution in [-0.4, -0.2) is 23.5 Å². The molecule has 1 unspecified atom stereocenters. The van der Waals surface area contributed by atoms with Crippen molar-refractivity contribution in [2.75, 3.05) is 6.54 Å². The summed E-state index contributed by atoms with van der Waals surface area (Å²) in [5, 5.41) is 11.2. The fourth-order valence-corrected chi connectivity index (χ4v) is 0.925. The molecule has 1 amide bonds. The van der Waals surface area contributed by atoms with Gasteiger partial charge in [-0.05, 0) is 12.8 Å². The van der Waals surface area contributed by atoms with Crippen LogP contribution in [0.4, 0.5) is 0 Å². The molecule has 0 aromatic rings. The fourth-order valence-electron chi connectivity index (χ4n) is 0.925. The average Bonchev–Trinajstić information content (AvgIpc) is 1.96. The van der Waals surface area contributed by atoms with Crippen molar-refractivity contribution >= 4 is 11.9 Å². The number of nitrogens with one attached hydrogen (secondary N) is 1. The van der Waals surface area contributed by atoms with E-state index in [1.54, 1.807) is 0 Å². The summed E-state index contributed by atoms with van der Waals surface area (Å²) in [5.41, 5.74) is 0. The Labute approximate surface area is 72.0 Å². The maximum absolute atomic E-state index is 10.5. The molecule has 0 rings (SSSR count). The SMILES string of the molecule is CCC(CCNC(C)=O)C(=O)O. The van der Waals surface area contributed by atoms with E-state index in [1.807, 2.05) is 6.92 Å². The molecule has 0 bridgehead atoms. The van der Waals surface area contributed by atoms with Crippen LogP contribution in [0.5, 0.6) is 0 Å². The molecular formula is C8H15NO3. The second-order valence-corrected chi connectivity index (χ2v) is 2.72. The van der Waals surface area contributed by atoms with Gasteiger partial charge in [-0.25, -0.2) is 0 Å². The lowest BCUT2D eigenvalue weighted by Gasteiger charge is -2.08. The summed E-state index contributed by atoms with van der Waals surface area (Å²) in [4.78, 5) is 20.9. The summed E-state index contributed by atoms with van der Waals surface area (Å²) in [6.45, 7) is 3.69. The third kappa shape index (κ3) is 4.71. The quantitative estimate of drug-likeness (QED) is 0.640. The summed E-state index contributed by atoms with van der Waals surface area (Å²) in [6.07, 6.45) is 1.11. The van der Waals surface area contributed by atoms with E-state index in [4.69, 9.17) is 5.11 Å². The van der Waals surface area contributed by atoms with E-state index in [-0.39, 0.29) is 11.8 Å². The minimum absolute atomic E-state index is 0.116. The summed E-state index contributed by atoms with van der Waals surface area (Å²) in [5.74, 6) is -1.24. The molecule has 0 aromatic heterocycles. The highest BCUT2D eigenvalue weighted by Gasteiger charge is 2.13. The van der Waals surface area contributed by atoms with Gasteiger partial charge >= 0.3 is 5.97 Å². The number of rotatable bonds is 5. The molecule has 4 nitrogen and oxygen atoms in total. The Balaban J connectivity index is 3.59. The molecule has 0 heterocycles. The van der Waals surface area contributed by atoms with Crippen LogP contribution in [-0.2, 0) is 9.59 Å². The lowest BCUT2D eigenvalue weighted by atomic mass is 10.0. The number of hydrogen-bond donors (Lipinski definition) is 2. The summed E-state index contributed by atoms with van der Waals surface area (Å²) in [7, 11) is 0. The summed E-state index contributed by atoms with van der Waals surface area (Å²) in [6, 6.07) is 0. The number of carbonyl (C=O) groups excluding carboxylic acids is 1. The van der Waals surface area contributed by atoms with Crippen LogP contribution in [0, 0.1) is 5.92 Å². The van der Waals surface area contributed by atoms with E-state index in [0.29, 0.717) is 19.4 Å². The van der Waals surface area contributed by atoms with Gasteiger partial charge in [0.1, 0.15) is 0 Å². The van der Waals surface area contributed by atoms with Crippen molar-refractivity contribution in [1.82, 2.24) is 5.32 Å². The number of amides is 1. The predicted octanol–water partition coefficient (Wildman–Crippen LogP) is 0.623. The van der Waals surface area contributed by atoms with Crippen LogP contribution in [0.3, 0.4) is 0 Å². The molecule has 70 valence electrons. The Bertz CT molecular complexity index is 168. The van der Waals surface area contributed by atoms with Crippen molar-refractivity contribution in [1.29, 1.82) is 0 Å². The molecule has 1 atom stereocenters. The van der Waals surface area contributed by atoms with Crippen LogP contribution in [0.15, 0.2) is 0 Å². The Morgan fingerprint density at radius 1 is 1.50 bits per heavy atom. The second-order valence-electron chi connectivity index (χ2n) is 2.72. The molecule has 2 N–H and O–H groups in total. The highest BCUT2D eigenvalue weighted by Crippen LogP contribution is 2.06. The van der Waals surface area contributed by atoms with E-state index in [1.165, 1.54) is 6.92 Å². The zero-order valence-corrected chi connectivity index (χ0v) is 7.46. The van der Waals surface area contributed by atoms with E-state index in [0.717, 1.165) is 0 Å². The van der Waals surface area contributed by atoms with Crippen LogP contribution >= 0.6 is 0 Å². The highest BCUT2D eigenvalue weighted by molar-refractivity contribution is 5.73. The first-order chi connectivity index (χ1) is 5.57. The van der Waals surface area contributed by atoms with Crippen molar-refractivity contribution in [3.63, 3.8) is 0 Å². The fraction of sp³-hybridized carbons (Fsp3) is 0.750. The molecule has 0 radical (unpaired) electrons. The highest BCUT2D eigenvalue weighted by atomic mass is 16.4. The minimum Gasteiger partial charge on any atom is -0.481 e. The van der Waals surface area contributed by atoms with Gasteiger partial charge in [0, 0.05) is 13.5 Å². The van der Waals surface area contributed by atoms with Gasteiger partial charge in [0.2, 0.25) is 5.91 Å². The van der Waals surface area contributed by atoms with Gasteiger partial charge < -0.3 is 10.4 Å². The van der Waals surface area contributed by atoms with Gasteiger partial charge in [-0.15, -0.1) is 0 Å². The van der Waals surface area contributed by atoms with E-state index in [9.17, 15) is 9.59 Å². The lowest BCUT2D eigenvalue weighted by Crippen LogP contribution is -2.25. The van der Waals surface area contributed by atoms with Crippen molar-refractivity contribution in [3.05, 3.63) is 0 Å². The molecule has 12 heavy (non-hydrogen) atoms. The molecule has 0 spiro atoms. The van der Waals surface area contributed by atoms with Crippen LogP contribution in [0.1, 0.15) is 26.7 Å².